The standard InChI is InChI=1S/C19H19N7O2S2/c1-13-23-26-16(27)11-14(20-18(26)30-13)12-29-19-22-21-17(24-7-9-28-10-8-24)25(19)15-5-3-2-4-6-15/h2-6,11H,7-10,12H2,1H3. The van der Waals surface area contributed by atoms with E-state index in [1.165, 1.54) is 33.7 Å². The molecule has 0 saturated carbocycles. The molecular formula is C19H19N7O2S2. The highest BCUT2D eigenvalue weighted by Gasteiger charge is 2.22. The molecule has 4 aromatic rings. The van der Waals surface area contributed by atoms with Crippen molar-refractivity contribution in [2.45, 2.75) is 17.8 Å². The summed E-state index contributed by atoms with van der Waals surface area (Å²) in [6.45, 7) is 4.76. The number of para-hydroxylation sites is 1. The number of fused-ring (bicyclic) bond motifs is 1. The second-order valence-corrected chi connectivity index (χ2v) is 8.85. The number of morpholine rings is 1. The van der Waals surface area contributed by atoms with Gasteiger partial charge < -0.3 is 9.64 Å². The Morgan fingerprint density at radius 2 is 1.97 bits per heavy atom. The topological polar surface area (TPSA) is 90.4 Å². The van der Waals surface area contributed by atoms with Gasteiger partial charge in [0.15, 0.2) is 5.16 Å². The van der Waals surface area contributed by atoms with Crippen molar-refractivity contribution >= 4 is 34.0 Å². The van der Waals surface area contributed by atoms with Crippen molar-refractivity contribution in [2.75, 3.05) is 31.2 Å². The fourth-order valence-corrected chi connectivity index (χ4v) is 4.90. The summed E-state index contributed by atoms with van der Waals surface area (Å²) in [5.41, 5.74) is 1.52. The molecule has 0 bridgehead atoms. The van der Waals surface area contributed by atoms with Crippen LogP contribution in [0.15, 0.2) is 46.3 Å². The van der Waals surface area contributed by atoms with Gasteiger partial charge in [-0.05, 0) is 19.1 Å². The second kappa shape index (κ2) is 8.17. The maximum absolute atomic E-state index is 12.3. The number of aryl methyl sites for hydroxylation is 1. The SMILES string of the molecule is Cc1nn2c(=O)cc(CSc3nnc(N4CCOCC4)n3-c3ccccc3)nc2s1. The van der Waals surface area contributed by atoms with Gasteiger partial charge in [0.1, 0.15) is 5.01 Å². The molecule has 0 unspecified atom stereocenters. The highest BCUT2D eigenvalue weighted by molar-refractivity contribution is 7.98. The lowest BCUT2D eigenvalue weighted by Gasteiger charge is -2.27. The zero-order valence-electron chi connectivity index (χ0n) is 16.3. The van der Waals surface area contributed by atoms with Crippen molar-refractivity contribution in [3.05, 3.63) is 57.5 Å². The molecule has 30 heavy (non-hydrogen) atoms. The van der Waals surface area contributed by atoms with Crippen LogP contribution in [0.3, 0.4) is 0 Å². The number of thioether (sulfide) groups is 1. The van der Waals surface area contributed by atoms with Crippen LogP contribution >= 0.6 is 23.1 Å². The van der Waals surface area contributed by atoms with Gasteiger partial charge in [0, 0.05) is 24.9 Å². The van der Waals surface area contributed by atoms with Gasteiger partial charge in [-0.2, -0.15) is 9.61 Å². The van der Waals surface area contributed by atoms with E-state index in [0.717, 1.165) is 34.9 Å². The van der Waals surface area contributed by atoms with E-state index in [4.69, 9.17) is 4.74 Å². The average Bonchev–Trinajstić information content (AvgIpc) is 3.37. The monoisotopic (exact) mass is 441 g/mol. The van der Waals surface area contributed by atoms with E-state index in [1.54, 1.807) is 0 Å². The first-order valence-corrected chi connectivity index (χ1v) is 11.3. The Kier molecular flexibility index (Phi) is 5.23. The summed E-state index contributed by atoms with van der Waals surface area (Å²) < 4.78 is 8.88. The maximum Gasteiger partial charge on any atom is 0.275 e. The van der Waals surface area contributed by atoms with Gasteiger partial charge in [0.2, 0.25) is 10.9 Å². The normalized spacial score (nSPS) is 14.5. The minimum atomic E-state index is -0.168. The first kappa shape index (κ1) is 19.2. The molecule has 3 aromatic heterocycles. The summed E-state index contributed by atoms with van der Waals surface area (Å²) in [5, 5.41) is 14.7. The van der Waals surface area contributed by atoms with Crippen LogP contribution < -0.4 is 10.5 Å². The van der Waals surface area contributed by atoms with Gasteiger partial charge in [-0.25, -0.2) is 4.98 Å². The predicted octanol–water partition coefficient (Wildman–Crippen LogP) is 2.17. The molecule has 0 spiro atoms. The van der Waals surface area contributed by atoms with Gasteiger partial charge >= 0.3 is 0 Å². The average molecular weight is 442 g/mol. The molecule has 11 heteroatoms. The molecule has 0 aliphatic carbocycles. The molecule has 4 heterocycles. The molecule has 5 rings (SSSR count). The summed E-state index contributed by atoms with van der Waals surface area (Å²) in [4.78, 5) is 19.7. The van der Waals surface area contributed by atoms with Crippen molar-refractivity contribution < 1.29 is 4.74 Å². The highest BCUT2D eigenvalue weighted by atomic mass is 32.2. The molecule has 0 amide bonds. The molecule has 0 N–H and O–H groups in total. The number of aromatic nitrogens is 6. The van der Waals surface area contributed by atoms with Crippen molar-refractivity contribution in [1.82, 2.24) is 29.4 Å². The minimum Gasteiger partial charge on any atom is -0.378 e. The second-order valence-electron chi connectivity index (χ2n) is 6.74. The number of hydrogen-bond acceptors (Lipinski definition) is 9. The Morgan fingerprint density at radius 3 is 2.77 bits per heavy atom. The van der Waals surface area contributed by atoms with Crippen molar-refractivity contribution in [2.24, 2.45) is 0 Å². The van der Waals surface area contributed by atoms with Gasteiger partial charge in [-0.3, -0.25) is 9.36 Å². The zero-order chi connectivity index (χ0) is 20.5. The maximum atomic E-state index is 12.3. The predicted molar refractivity (Wildman–Crippen MR) is 116 cm³/mol. The van der Waals surface area contributed by atoms with E-state index in [1.807, 2.05) is 37.3 Å². The lowest BCUT2D eigenvalue weighted by Crippen LogP contribution is -2.37. The molecule has 1 aromatic carbocycles. The van der Waals surface area contributed by atoms with Crippen molar-refractivity contribution in [3.63, 3.8) is 0 Å². The molecule has 0 radical (unpaired) electrons. The minimum absolute atomic E-state index is 0.168. The number of nitrogens with zero attached hydrogens (tertiary/aromatic N) is 7. The zero-order valence-corrected chi connectivity index (χ0v) is 17.9. The summed E-state index contributed by atoms with van der Waals surface area (Å²) in [6.07, 6.45) is 0. The molecular weight excluding hydrogens is 422 g/mol. The van der Waals surface area contributed by atoms with E-state index >= 15 is 0 Å². The third kappa shape index (κ3) is 3.71. The van der Waals surface area contributed by atoms with E-state index < -0.39 is 0 Å². The van der Waals surface area contributed by atoms with E-state index in [-0.39, 0.29) is 5.56 Å². The Labute approximate surface area is 180 Å². The number of ether oxygens (including phenoxy) is 1. The largest absolute Gasteiger partial charge is 0.378 e. The van der Waals surface area contributed by atoms with Crippen LogP contribution in [0.5, 0.6) is 0 Å². The Morgan fingerprint density at radius 1 is 1.17 bits per heavy atom. The van der Waals surface area contributed by atoms with Crippen molar-refractivity contribution in [1.29, 1.82) is 0 Å². The third-order valence-electron chi connectivity index (χ3n) is 4.67. The fraction of sp³-hybridized carbons (Fsp3) is 0.316. The van der Waals surface area contributed by atoms with Crippen LogP contribution in [0, 0.1) is 6.92 Å². The van der Waals surface area contributed by atoms with Crippen LogP contribution in [0.1, 0.15) is 10.7 Å². The van der Waals surface area contributed by atoms with Crippen LogP contribution in [0.2, 0.25) is 0 Å². The van der Waals surface area contributed by atoms with Crippen LogP contribution in [0.4, 0.5) is 5.95 Å². The van der Waals surface area contributed by atoms with Gasteiger partial charge in [0.25, 0.3) is 5.56 Å². The first-order chi connectivity index (χ1) is 14.7. The molecule has 9 nitrogen and oxygen atoms in total. The van der Waals surface area contributed by atoms with Crippen LogP contribution in [0.25, 0.3) is 10.6 Å². The molecule has 0 atom stereocenters. The van der Waals surface area contributed by atoms with E-state index in [0.29, 0.717) is 29.6 Å². The lowest BCUT2D eigenvalue weighted by molar-refractivity contribution is 0.122. The fourth-order valence-electron chi connectivity index (χ4n) is 3.29. The van der Waals surface area contributed by atoms with Crippen molar-refractivity contribution in [3.8, 4) is 5.69 Å². The van der Waals surface area contributed by atoms with Gasteiger partial charge in [0.05, 0.1) is 24.6 Å². The Hall–Kier alpha value is -2.76. The highest BCUT2D eigenvalue weighted by Crippen LogP contribution is 2.29. The summed E-state index contributed by atoms with van der Waals surface area (Å²) in [5.74, 6) is 1.31. The first-order valence-electron chi connectivity index (χ1n) is 9.52. The van der Waals surface area contributed by atoms with Crippen LogP contribution in [-0.2, 0) is 10.5 Å². The van der Waals surface area contributed by atoms with Crippen LogP contribution in [-0.4, -0.2) is 55.7 Å². The van der Waals surface area contributed by atoms with E-state index in [2.05, 4.69) is 29.7 Å². The lowest BCUT2D eigenvalue weighted by atomic mass is 10.3. The number of hydrogen-bond donors (Lipinski definition) is 0. The summed E-state index contributed by atoms with van der Waals surface area (Å²) >= 11 is 2.91. The Balaban J connectivity index is 1.47. The quantitative estimate of drug-likeness (QED) is 0.435. The number of benzene rings is 1. The Bertz CT molecular complexity index is 1230. The van der Waals surface area contributed by atoms with Gasteiger partial charge in [-0.1, -0.05) is 41.3 Å². The summed E-state index contributed by atoms with van der Waals surface area (Å²) in [7, 11) is 0. The molecule has 1 aliphatic heterocycles. The third-order valence-corrected chi connectivity index (χ3v) is 6.46. The van der Waals surface area contributed by atoms with Gasteiger partial charge in [-0.15, -0.1) is 10.2 Å². The molecule has 1 aliphatic rings. The number of anilines is 1. The molecule has 1 saturated heterocycles. The molecule has 1 fully saturated rings. The number of rotatable bonds is 5. The molecule has 154 valence electrons. The summed E-state index contributed by atoms with van der Waals surface area (Å²) in [6, 6.07) is 11.6. The smallest absolute Gasteiger partial charge is 0.275 e. The van der Waals surface area contributed by atoms with E-state index in [9.17, 15) is 4.79 Å².